The van der Waals surface area contributed by atoms with Crippen molar-refractivity contribution in [2.45, 2.75) is 0 Å². The third-order valence-corrected chi connectivity index (χ3v) is 5.41. The first-order valence-electron chi connectivity index (χ1n) is 10.2. The lowest BCUT2D eigenvalue weighted by Gasteiger charge is -2.36. The summed E-state index contributed by atoms with van der Waals surface area (Å²) in [6.45, 7) is 2.46. The summed E-state index contributed by atoms with van der Waals surface area (Å²) < 4.78 is 12.3. The van der Waals surface area contributed by atoms with Crippen molar-refractivity contribution in [2.75, 3.05) is 45.3 Å². The van der Waals surface area contributed by atoms with E-state index in [1.807, 2.05) is 53.4 Å². The van der Waals surface area contributed by atoms with E-state index < -0.39 is 0 Å². The van der Waals surface area contributed by atoms with E-state index in [1.165, 1.54) is 6.21 Å². The number of aromatic nitrogens is 2. The summed E-state index contributed by atoms with van der Waals surface area (Å²) in [5, 5.41) is 16.3. The van der Waals surface area contributed by atoms with E-state index in [9.17, 15) is 4.79 Å². The van der Waals surface area contributed by atoms with Crippen molar-refractivity contribution in [3.63, 3.8) is 0 Å². The topological polar surface area (TPSA) is 92.4 Å². The fraction of sp³-hybridized carbons (Fsp3) is 0.261. The Morgan fingerprint density at radius 2 is 1.62 bits per heavy atom. The number of benzene rings is 2. The zero-order valence-electron chi connectivity index (χ0n) is 18.0. The minimum absolute atomic E-state index is 0.123. The van der Waals surface area contributed by atoms with Gasteiger partial charge in [0.15, 0.2) is 0 Å². The highest BCUT2D eigenvalue weighted by Gasteiger charge is 2.26. The quantitative estimate of drug-likeness (QED) is 0.364. The normalized spacial score (nSPS) is 14.1. The van der Waals surface area contributed by atoms with Crippen LogP contribution in [0.4, 0.5) is 5.69 Å². The molecule has 0 saturated carbocycles. The number of piperazine rings is 1. The average Bonchev–Trinajstić information content (AvgIpc) is 3.28. The number of ether oxygens (including phenoxy) is 2. The SMILES string of the molecule is COc1cc(OC)cc(N2CCN(C(=O)c3cc(/C=N\O)nn3-c3ccccc3)CC2)c1. The minimum atomic E-state index is -0.123. The second-order valence-corrected chi connectivity index (χ2v) is 7.30. The monoisotopic (exact) mass is 435 g/mol. The van der Waals surface area contributed by atoms with E-state index in [0.29, 0.717) is 37.6 Å². The highest BCUT2D eigenvalue weighted by molar-refractivity contribution is 5.95. The maximum Gasteiger partial charge on any atom is 0.272 e. The zero-order valence-corrected chi connectivity index (χ0v) is 18.0. The Hall–Kier alpha value is -4.01. The second kappa shape index (κ2) is 9.42. The molecule has 3 aromatic rings. The fourth-order valence-electron chi connectivity index (χ4n) is 3.74. The summed E-state index contributed by atoms with van der Waals surface area (Å²) in [6.07, 6.45) is 1.21. The molecule has 1 aliphatic rings. The molecule has 0 atom stereocenters. The number of hydrogen-bond donors (Lipinski definition) is 1. The van der Waals surface area contributed by atoms with Crippen LogP contribution in [0.25, 0.3) is 5.69 Å². The van der Waals surface area contributed by atoms with Gasteiger partial charge in [-0.05, 0) is 18.2 Å². The molecule has 1 aliphatic heterocycles. The molecule has 1 fully saturated rings. The highest BCUT2D eigenvalue weighted by atomic mass is 16.5. The lowest BCUT2D eigenvalue weighted by Crippen LogP contribution is -2.49. The Kier molecular flexibility index (Phi) is 6.25. The van der Waals surface area contributed by atoms with Gasteiger partial charge in [0.25, 0.3) is 5.91 Å². The summed E-state index contributed by atoms with van der Waals surface area (Å²) >= 11 is 0. The molecule has 1 N–H and O–H groups in total. The van der Waals surface area contributed by atoms with Gasteiger partial charge < -0.3 is 24.5 Å². The van der Waals surface area contributed by atoms with Gasteiger partial charge in [-0.2, -0.15) is 5.10 Å². The van der Waals surface area contributed by atoms with E-state index in [0.717, 1.165) is 22.9 Å². The second-order valence-electron chi connectivity index (χ2n) is 7.30. The molecule has 1 aromatic heterocycles. The Labute approximate surface area is 186 Å². The van der Waals surface area contributed by atoms with Crippen LogP contribution >= 0.6 is 0 Å². The van der Waals surface area contributed by atoms with Crippen molar-refractivity contribution in [3.05, 3.63) is 66.0 Å². The zero-order chi connectivity index (χ0) is 22.5. The molecule has 9 nitrogen and oxygen atoms in total. The van der Waals surface area contributed by atoms with Crippen molar-refractivity contribution < 1.29 is 19.5 Å². The molecule has 166 valence electrons. The number of carbonyl (C=O) groups is 1. The van der Waals surface area contributed by atoms with Crippen LogP contribution in [0.15, 0.2) is 59.8 Å². The van der Waals surface area contributed by atoms with Crippen LogP contribution in [0.5, 0.6) is 11.5 Å². The molecule has 1 amide bonds. The number of para-hydroxylation sites is 1. The fourth-order valence-corrected chi connectivity index (χ4v) is 3.74. The molecule has 2 heterocycles. The largest absolute Gasteiger partial charge is 0.497 e. The average molecular weight is 435 g/mol. The van der Waals surface area contributed by atoms with Crippen LogP contribution in [0.3, 0.4) is 0 Å². The van der Waals surface area contributed by atoms with Crippen LogP contribution in [0, 0.1) is 0 Å². The molecule has 0 spiro atoms. The molecule has 0 radical (unpaired) electrons. The standard InChI is InChI=1S/C23H25N5O4/c1-31-20-13-19(14-21(15-20)32-2)26-8-10-27(11-9-26)23(29)22-12-17(16-24-30)25-28(22)18-6-4-3-5-7-18/h3-7,12-16,30H,8-11H2,1-2H3/b24-16-. The summed E-state index contributed by atoms with van der Waals surface area (Å²) in [5.74, 6) is 1.33. The molecule has 2 aromatic carbocycles. The van der Waals surface area contributed by atoms with Gasteiger partial charge in [0, 0.05) is 50.1 Å². The summed E-state index contributed by atoms with van der Waals surface area (Å²) in [7, 11) is 3.25. The van der Waals surface area contributed by atoms with E-state index in [1.54, 1.807) is 25.0 Å². The van der Waals surface area contributed by atoms with Gasteiger partial charge in [-0.25, -0.2) is 4.68 Å². The van der Waals surface area contributed by atoms with Crippen LogP contribution in [-0.2, 0) is 0 Å². The van der Waals surface area contributed by atoms with Gasteiger partial charge in [0.05, 0.1) is 26.1 Å². The van der Waals surface area contributed by atoms with Crippen molar-refractivity contribution in [1.82, 2.24) is 14.7 Å². The molecule has 4 rings (SSSR count). The van der Waals surface area contributed by atoms with Crippen molar-refractivity contribution in [2.24, 2.45) is 5.16 Å². The maximum absolute atomic E-state index is 13.4. The lowest BCUT2D eigenvalue weighted by molar-refractivity contribution is 0.0737. The number of nitrogens with zero attached hydrogens (tertiary/aromatic N) is 5. The van der Waals surface area contributed by atoms with E-state index in [4.69, 9.17) is 14.7 Å². The highest BCUT2D eigenvalue weighted by Crippen LogP contribution is 2.29. The minimum Gasteiger partial charge on any atom is -0.497 e. The van der Waals surface area contributed by atoms with Crippen molar-refractivity contribution in [3.8, 4) is 17.2 Å². The molecular weight excluding hydrogens is 410 g/mol. The number of anilines is 1. The van der Waals surface area contributed by atoms with Crippen LogP contribution in [-0.4, -0.2) is 72.4 Å². The van der Waals surface area contributed by atoms with Crippen LogP contribution in [0.1, 0.15) is 16.2 Å². The molecule has 1 saturated heterocycles. The number of hydrogen-bond acceptors (Lipinski definition) is 7. The lowest BCUT2D eigenvalue weighted by atomic mass is 10.2. The Morgan fingerprint density at radius 3 is 2.22 bits per heavy atom. The summed E-state index contributed by atoms with van der Waals surface area (Å²) in [6, 6.07) is 16.8. The Bertz CT molecular complexity index is 1080. The smallest absolute Gasteiger partial charge is 0.272 e. The van der Waals surface area contributed by atoms with E-state index in [-0.39, 0.29) is 5.91 Å². The van der Waals surface area contributed by atoms with Gasteiger partial charge in [-0.1, -0.05) is 23.4 Å². The van der Waals surface area contributed by atoms with Gasteiger partial charge in [-0.3, -0.25) is 4.79 Å². The number of rotatable bonds is 6. The first kappa shape index (κ1) is 21.2. The number of oxime groups is 1. The molecule has 0 unspecified atom stereocenters. The summed E-state index contributed by atoms with van der Waals surface area (Å²) in [5.41, 5.74) is 2.57. The number of amides is 1. The Morgan fingerprint density at radius 1 is 0.969 bits per heavy atom. The van der Waals surface area contributed by atoms with Crippen LogP contribution < -0.4 is 14.4 Å². The molecule has 32 heavy (non-hydrogen) atoms. The predicted molar refractivity (Wildman–Crippen MR) is 121 cm³/mol. The van der Waals surface area contributed by atoms with E-state index in [2.05, 4.69) is 15.2 Å². The molecular formula is C23H25N5O4. The molecule has 9 heteroatoms. The van der Waals surface area contributed by atoms with Gasteiger partial charge in [0.1, 0.15) is 22.9 Å². The first-order valence-corrected chi connectivity index (χ1v) is 10.2. The van der Waals surface area contributed by atoms with Crippen molar-refractivity contribution in [1.29, 1.82) is 0 Å². The third-order valence-electron chi connectivity index (χ3n) is 5.41. The van der Waals surface area contributed by atoms with Gasteiger partial charge >= 0.3 is 0 Å². The third kappa shape index (κ3) is 4.36. The molecule has 0 bridgehead atoms. The van der Waals surface area contributed by atoms with Crippen molar-refractivity contribution >= 4 is 17.8 Å². The number of methoxy groups -OCH3 is 2. The van der Waals surface area contributed by atoms with Gasteiger partial charge in [-0.15, -0.1) is 0 Å². The predicted octanol–water partition coefficient (Wildman–Crippen LogP) is 2.66. The van der Waals surface area contributed by atoms with E-state index >= 15 is 0 Å². The van der Waals surface area contributed by atoms with Crippen LogP contribution in [0.2, 0.25) is 0 Å². The first-order chi connectivity index (χ1) is 15.6. The maximum atomic E-state index is 13.4. The Balaban J connectivity index is 1.53. The number of carbonyl (C=O) groups excluding carboxylic acids is 1. The molecule has 0 aliphatic carbocycles. The summed E-state index contributed by atoms with van der Waals surface area (Å²) in [4.78, 5) is 17.4. The van der Waals surface area contributed by atoms with Gasteiger partial charge in [0.2, 0.25) is 0 Å².